The largest absolute Gasteiger partial charge is 0.339 e. The van der Waals surface area contributed by atoms with Crippen molar-refractivity contribution in [2.45, 2.75) is 44.6 Å². The average molecular weight is 233 g/mol. The van der Waals surface area contributed by atoms with Gasteiger partial charge in [-0.25, -0.2) is 0 Å². The second kappa shape index (κ2) is 3.31. The van der Waals surface area contributed by atoms with Gasteiger partial charge in [0.1, 0.15) is 0 Å². The van der Waals surface area contributed by atoms with E-state index in [9.17, 15) is 0 Å². The van der Waals surface area contributed by atoms with E-state index in [1.54, 1.807) is 0 Å². The lowest BCUT2D eigenvalue weighted by molar-refractivity contribution is 0.350. The smallest absolute Gasteiger partial charge is 0.230 e. The maximum Gasteiger partial charge on any atom is 0.230 e. The van der Waals surface area contributed by atoms with E-state index in [1.807, 2.05) is 6.92 Å². The van der Waals surface area contributed by atoms with Crippen LogP contribution in [-0.2, 0) is 0 Å². The van der Waals surface area contributed by atoms with E-state index in [1.165, 1.54) is 19.3 Å². The minimum absolute atomic E-state index is 0.0668. The fourth-order valence-corrected chi connectivity index (χ4v) is 4.37. The molecular weight excluding hydrogens is 214 g/mol. The molecule has 92 valence electrons. The SMILES string of the molecule is CCC(N)c1noc(C2C3C4CCC(C4)C23)n1. The molecule has 0 saturated heterocycles. The van der Waals surface area contributed by atoms with Crippen LogP contribution in [0.3, 0.4) is 0 Å². The quantitative estimate of drug-likeness (QED) is 0.869. The molecule has 17 heavy (non-hydrogen) atoms. The van der Waals surface area contributed by atoms with E-state index >= 15 is 0 Å². The van der Waals surface area contributed by atoms with Crippen LogP contribution in [0.4, 0.5) is 0 Å². The molecule has 4 rings (SSSR count). The van der Waals surface area contributed by atoms with Gasteiger partial charge in [0.15, 0.2) is 5.82 Å². The van der Waals surface area contributed by atoms with Crippen molar-refractivity contribution in [3.05, 3.63) is 11.7 Å². The van der Waals surface area contributed by atoms with Crippen molar-refractivity contribution in [3.8, 4) is 0 Å². The summed E-state index contributed by atoms with van der Waals surface area (Å²) in [6, 6.07) is -0.0668. The molecule has 0 radical (unpaired) electrons. The summed E-state index contributed by atoms with van der Waals surface area (Å²) in [4.78, 5) is 4.52. The van der Waals surface area contributed by atoms with E-state index in [0.29, 0.717) is 11.7 Å². The van der Waals surface area contributed by atoms with Crippen molar-refractivity contribution in [3.63, 3.8) is 0 Å². The van der Waals surface area contributed by atoms with E-state index in [-0.39, 0.29) is 6.04 Å². The maximum absolute atomic E-state index is 5.93. The molecule has 3 aliphatic rings. The number of rotatable bonds is 3. The van der Waals surface area contributed by atoms with Gasteiger partial charge in [-0.1, -0.05) is 12.1 Å². The molecule has 5 unspecified atom stereocenters. The molecule has 0 aromatic carbocycles. The summed E-state index contributed by atoms with van der Waals surface area (Å²) in [6.45, 7) is 2.05. The third-order valence-electron chi connectivity index (χ3n) is 5.25. The van der Waals surface area contributed by atoms with Crippen molar-refractivity contribution in [1.29, 1.82) is 0 Å². The molecule has 4 heteroatoms. The summed E-state index contributed by atoms with van der Waals surface area (Å²) in [5, 5.41) is 4.03. The van der Waals surface area contributed by atoms with Crippen LogP contribution in [0.2, 0.25) is 0 Å². The zero-order chi connectivity index (χ0) is 11.6. The highest BCUT2D eigenvalue weighted by atomic mass is 16.5. The predicted molar refractivity (Wildman–Crippen MR) is 62.1 cm³/mol. The van der Waals surface area contributed by atoms with Gasteiger partial charge in [-0.3, -0.25) is 0 Å². The summed E-state index contributed by atoms with van der Waals surface area (Å²) in [5.41, 5.74) is 5.93. The third-order valence-corrected chi connectivity index (χ3v) is 5.25. The van der Waals surface area contributed by atoms with Crippen LogP contribution < -0.4 is 5.73 Å². The number of nitrogens with two attached hydrogens (primary N) is 1. The van der Waals surface area contributed by atoms with Crippen LogP contribution in [-0.4, -0.2) is 10.1 Å². The lowest BCUT2D eigenvalue weighted by atomic mass is 10.0. The van der Waals surface area contributed by atoms with Crippen molar-refractivity contribution in [1.82, 2.24) is 10.1 Å². The molecular formula is C13H19N3O. The third kappa shape index (κ3) is 1.27. The topological polar surface area (TPSA) is 64.9 Å². The highest BCUT2D eigenvalue weighted by Crippen LogP contribution is 2.72. The van der Waals surface area contributed by atoms with Crippen molar-refractivity contribution < 1.29 is 4.52 Å². The van der Waals surface area contributed by atoms with Gasteiger partial charge in [-0.2, -0.15) is 4.98 Å². The van der Waals surface area contributed by atoms with Crippen LogP contribution in [0.5, 0.6) is 0 Å². The Bertz CT molecular complexity index is 428. The van der Waals surface area contributed by atoms with Gasteiger partial charge in [0.2, 0.25) is 5.89 Å². The molecule has 3 saturated carbocycles. The van der Waals surface area contributed by atoms with Crippen molar-refractivity contribution >= 4 is 0 Å². The number of hydrogen-bond acceptors (Lipinski definition) is 4. The first-order chi connectivity index (χ1) is 8.29. The Hall–Kier alpha value is -0.900. The Balaban J connectivity index is 1.56. The molecule has 1 heterocycles. The first kappa shape index (κ1) is 10.1. The first-order valence-electron chi connectivity index (χ1n) is 6.88. The molecule has 0 amide bonds. The molecule has 0 spiro atoms. The minimum atomic E-state index is -0.0668. The zero-order valence-electron chi connectivity index (χ0n) is 10.2. The molecule has 2 bridgehead atoms. The van der Waals surface area contributed by atoms with Crippen LogP contribution in [0, 0.1) is 23.7 Å². The normalized spacial score (nSPS) is 43.8. The fraction of sp³-hybridized carbons (Fsp3) is 0.846. The Morgan fingerprint density at radius 1 is 1.35 bits per heavy atom. The number of aromatic nitrogens is 2. The van der Waals surface area contributed by atoms with Gasteiger partial charge < -0.3 is 10.3 Å². The summed E-state index contributed by atoms with van der Waals surface area (Å²) in [5.74, 6) is 5.76. The monoisotopic (exact) mass is 233 g/mol. The van der Waals surface area contributed by atoms with Crippen LogP contribution in [0.1, 0.15) is 56.3 Å². The van der Waals surface area contributed by atoms with Gasteiger partial charge >= 0.3 is 0 Å². The number of fused-ring (bicyclic) bond motifs is 5. The molecule has 0 aliphatic heterocycles. The molecule has 3 fully saturated rings. The van der Waals surface area contributed by atoms with Gasteiger partial charge in [0.25, 0.3) is 0 Å². The number of nitrogens with zero attached hydrogens (tertiary/aromatic N) is 2. The molecule has 5 atom stereocenters. The second-order valence-electron chi connectivity index (χ2n) is 6.02. The molecule has 3 aliphatic carbocycles. The van der Waals surface area contributed by atoms with E-state index in [4.69, 9.17) is 10.3 Å². The summed E-state index contributed by atoms with van der Waals surface area (Å²) in [7, 11) is 0. The Labute approximate surface area is 101 Å². The highest BCUT2D eigenvalue weighted by Gasteiger charge is 2.67. The van der Waals surface area contributed by atoms with E-state index in [2.05, 4.69) is 10.1 Å². The minimum Gasteiger partial charge on any atom is -0.339 e. The fourth-order valence-electron chi connectivity index (χ4n) is 4.37. The van der Waals surface area contributed by atoms with Gasteiger partial charge in [0.05, 0.1) is 6.04 Å². The lowest BCUT2D eigenvalue weighted by Crippen LogP contribution is -2.10. The van der Waals surface area contributed by atoms with Crippen LogP contribution >= 0.6 is 0 Å². The number of hydrogen-bond donors (Lipinski definition) is 1. The highest BCUT2D eigenvalue weighted by molar-refractivity contribution is 5.23. The summed E-state index contributed by atoms with van der Waals surface area (Å²) in [6.07, 6.45) is 5.18. The standard InChI is InChI=1S/C13H19N3O/c1-2-8(14)12-15-13(17-16-12)11-9-6-3-4-7(5-6)10(9)11/h6-11H,2-5,14H2,1H3. The Kier molecular flexibility index (Phi) is 1.96. The first-order valence-corrected chi connectivity index (χ1v) is 6.88. The van der Waals surface area contributed by atoms with Crippen LogP contribution in [0.25, 0.3) is 0 Å². The van der Waals surface area contributed by atoms with Crippen molar-refractivity contribution in [2.75, 3.05) is 0 Å². The van der Waals surface area contributed by atoms with E-state index < -0.39 is 0 Å². The van der Waals surface area contributed by atoms with Gasteiger partial charge in [-0.05, 0) is 49.4 Å². The predicted octanol–water partition coefficient (Wildman–Crippen LogP) is 2.24. The summed E-state index contributed by atoms with van der Waals surface area (Å²) < 4.78 is 5.43. The summed E-state index contributed by atoms with van der Waals surface area (Å²) >= 11 is 0. The van der Waals surface area contributed by atoms with Gasteiger partial charge in [-0.15, -0.1) is 0 Å². The Morgan fingerprint density at radius 3 is 2.71 bits per heavy atom. The second-order valence-corrected chi connectivity index (χ2v) is 6.02. The lowest BCUT2D eigenvalue weighted by Gasteiger charge is -2.04. The zero-order valence-corrected chi connectivity index (χ0v) is 10.2. The molecule has 1 aromatic rings. The van der Waals surface area contributed by atoms with Crippen molar-refractivity contribution in [2.24, 2.45) is 29.4 Å². The van der Waals surface area contributed by atoms with Crippen LogP contribution in [0.15, 0.2) is 4.52 Å². The molecule has 2 N–H and O–H groups in total. The van der Waals surface area contributed by atoms with E-state index in [0.717, 1.165) is 36.0 Å². The average Bonchev–Trinajstić information content (AvgIpc) is 2.81. The molecule has 4 nitrogen and oxygen atoms in total. The van der Waals surface area contributed by atoms with Gasteiger partial charge in [0, 0.05) is 5.92 Å². The Morgan fingerprint density at radius 2 is 2.06 bits per heavy atom. The molecule has 1 aromatic heterocycles. The maximum atomic E-state index is 5.93.